The first-order valence-electron chi connectivity index (χ1n) is 7.13. The average molecular weight is 306 g/mol. The maximum absolute atomic E-state index is 11.8. The van der Waals surface area contributed by atoms with E-state index in [-0.39, 0.29) is 29.8 Å². The Morgan fingerprint density at radius 1 is 1.24 bits per heavy atom. The van der Waals surface area contributed by atoms with E-state index < -0.39 is 9.84 Å². The largest absolute Gasteiger partial charge is 0.273 e. The molecule has 1 aliphatic heterocycles. The number of fused-ring (bicyclic) bond motifs is 1. The number of sulfone groups is 1. The minimum atomic E-state index is -2.92. The Morgan fingerprint density at radius 2 is 1.90 bits per heavy atom. The molecule has 1 heterocycles. The van der Waals surface area contributed by atoms with Gasteiger partial charge >= 0.3 is 0 Å². The number of amides is 1. The summed E-state index contributed by atoms with van der Waals surface area (Å²) in [6, 6.07) is 8.15. The number of carbonyl (C=O) groups excluding carboxylic acids is 1. The van der Waals surface area contributed by atoms with E-state index in [1.54, 1.807) is 0 Å². The first-order valence-corrected chi connectivity index (χ1v) is 8.95. The highest BCUT2D eigenvalue weighted by Gasteiger charge is 2.29. The van der Waals surface area contributed by atoms with Crippen molar-refractivity contribution in [3.05, 3.63) is 35.4 Å². The molecule has 1 aromatic rings. The van der Waals surface area contributed by atoms with E-state index in [9.17, 15) is 13.2 Å². The molecule has 0 bridgehead atoms. The van der Waals surface area contributed by atoms with Crippen molar-refractivity contribution in [1.29, 1.82) is 0 Å². The predicted octanol–water partition coefficient (Wildman–Crippen LogP) is 1.08. The molecule has 2 aliphatic rings. The smallest absolute Gasteiger partial charge is 0.240 e. The molecule has 1 aliphatic carbocycles. The maximum Gasteiger partial charge on any atom is 0.240 e. The van der Waals surface area contributed by atoms with Gasteiger partial charge in [-0.1, -0.05) is 24.3 Å². The Bertz CT molecular complexity index is 668. The Balaban J connectivity index is 1.52. The number of benzene rings is 1. The zero-order valence-corrected chi connectivity index (χ0v) is 12.5. The Labute approximate surface area is 124 Å². The number of hydrogen-bond donors (Lipinski definition) is 1. The third kappa shape index (κ3) is 3.50. The third-order valence-electron chi connectivity index (χ3n) is 4.05. The normalized spacial score (nSPS) is 22.9. The lowest BCUT2D eigenvalue weighted by Gasteiger charge is -2.06. The lowest BCUT2D eigenvalue weighted by Crippen LogP contribution is -2.23. The van der Waals surface area contributed by atoms with Crippen LogP contribution in [0.1, 0.15) is 24.0 Å². The van der Waals surface area contributed by atoms with Crippen LogP contribution in [0, 0.1) is 5.92 Å². The summed E-state index contributed by atoms with van der Waals surface area (Å²) in [7, 11) is -2.92. The van der Waals surface area contributed by atoms with Crippen LogP contribution in [0.2, 0.25) is 0 Å². The van der Waals surface area contributed by atoms with Crippen LogP contribution in [0.15, 0.2) is 29.4 Å². The Morgan fingerprint density at radius 3 is 2.48 bits per heavy atom. The van der Waals surface area contributed by atoms with Crippen LogP contribution < -0.4 is 5.43 Å². The molecule has 1 N–H and O–H groups in total. The van der Waals surface area contributed by atoms with Gasteiger partial charge in [0.05, 0.1) is 11.5 Å². The van der Waals surface area contributed by atoms with Gasteiger partial charge in [-0.2, -0.15) is 5.10 Å². The van der Waals surface area contributed by atoms with Gasteiger partial charge < -0.3 is 0 Å². The highest BCUT2D eigenvalue weighted by Crippen LogP contribution is 2.22. The van der Waals surface area contributed by atoms with E-state index in [0.29, 0.717) is 6.42 Å². The molecule has 6 heteroatoms. The summed E-state index contributed by atoms with van der Waals surface area (Å²) in [6.07, 6.45) is 2.36. The van der Waals surface area contributed by atoms with Gasteiger partial charge in [0, 0.05) is 25.0 Å². The van der Waals surface area contributed by atoms with E-state index in [2.05, 4.69) is 22.7 Å². The van der Waals surface area contributed by atoms with Crippen molar-refractivity contribution in [1.82, 2.24) is 5.43 Å². The van der Waals surface area contributed by atoms with Crippen LogP contribution in [-0.4, -0.2) is 31.5 Å². The second-order valence-corrected chi connectivity index (χ2v) is 8.04. The molecule has 1 aromatic carbocycles. The summed E-state index contributed by atoms with van der Waals surface area (Å²) in [5, 5.41) is 4.18. The zero-order valence-electron chi connectivity index (χ0n) is 11.7. The number of nitrogens with zero attached hydrogens (tertiary/aromatic N) is 1. The molecule has 1 fully saturated rings. The molecular weight excluding hydrogens is 288 g/mol. The van der Waals surface area contributed by atoms with Gasteiger partial charge in [0.1, 0.15) is 0 Å². The highest BCUT2D eigenvalue weighted by molar-refractivity contribution is 7.91. The first kappa shape index (κ1) is 14.3. The molecule has 1 atom stereocenters. The van der Waals surface area contributed by atoms with Crippen molar-refractivity contribution < 1.29 is 13.2 Å². The van der Waals surface area contributed by atoms with Crippen LogP contribution in [0.5, 0.6) is 0 Å². The fourth-order valence-corrected chi connectivity index (χ4v) is 4.83. The van der Waals surface area contributed by atoms with E-state index in [0.717, 1.165) is 18.6 Å². The summed E-state index contributed by atoms with van der Waals surface area (Å²) >= 11 is 0. The number of hydrazone groups is 1. The molecule has 0 radical (unpaired) electrons. The molecule has 1 amide bonds. The molecule has 1 saturated heterocycles. The minimum absolute atomic E-state index is 0.0593. The quantitative estimate of drug-likeness (QED) is 0.849. The van der Waals surface area contributed by atoms with Crippen molar-refractivity contribution in [3.63, 3.8) is 0 Å². The van der Waals surface area contributed by atoms with E-state index in [4.69, 9.17) is 0 Å². The molecule has 0 aromatic heterocycles. The number of hydrogen-bond acceptors (Lipinski definition) is 4. The van der Waals surface area contributed by atoms with Crippen molar-refractivity contribution in [2.75, 3.05) is 11.5 Å². The van der Waals surface area contributed by atoms with Crippen LogP contribution in [-0.2, 0) is 27.5 Å². The highest BCUT2D eigenvalue weighted by atomic mass is 32.2. The van der Waals surface area contributed by atoms with Crippen molar-refractivity contribution in [2.45, 2.75) is 25.7 Å². The van der Waals surface area contributed by atoms with Crippen LogP contribution in [0.4, 0.5) is 0 Å². The summed E-state index contributed by atoms with van der Waals surface area (Å²) in [5.74, 6) is 0.0774. The molecular formula is C15H18N2O3S. The maximum atomic E-state index is 11.8. The summed E-state index contributed by atoms with van der Waals surface area (Å²) in [4.78, 5) is 11.8. The number of nitrogens with one attached hydrogen (secondary N) is 1. The fraction of sp³-hybridized carbons (Fsp3) is 0.467. The third-order valence-corrected chi connectivity index (χ3v) is 5.88. The first-order chi connectivity index (χ1) is 10.0. The van der Waals surface area contributed by atoms with Gasteiger partial charge in [-0.3, -0.25) is 4.79 Å². The number of rotatable bonds is 3. The van der Waals surface area contributed by atoms with Gasteiger partial charge in [-0.25, -0.2) is 13.8 Å². The summed E-state index contributed by atoms with van der Waals surface area (Å²) < 4.78 is 22.7. The molecule has 3 rings (SSSR count). The molecule has 5 nitrogen and oxygen atoms in total. The second-order valence-electron chi connectivity index (χ2n) is 5.81. The van der Waals surface area contributed by atoms with Gasteiger partial charge in [-0.15, -0.1) is 0 Å². The van der Waals surface area contributed by atoms with Crippen molar-refractivity contribution in [2.24, 2.45) is 11.0 Å². The van der Waals surface area contributed by atoms with Gasteiger partial charge in [0.15, 0.2) is 9.84 Å². The number of carbonyl (C=O) groups is 1. The van der Waals surface area contributed by atoms with Crippen LogP contribution >= 0.6 is 0 Å². The minimum Gasteiger partial charge on any atom is -0.273 e. The van der Waals surface area contributed by atoms with Gasteiger partial charge in [-0.05, 0) is 23.5 Å². The monoisotopic (exact) mass is 306 g/mol. The average Bonchev–Trinajstić information content (AvgIpc) is 2.99. The standard InChI is InChI=1S/C15H18N2O3S/c18-15(7-11-5-6-21(19,20)10-11)17-16-14-8-12-3-1-2-4-13(12)9-14/h1-4,11H,5-10H2,(H,17,18)/t11-/m1/s1. The van der Waals surface area contributed by atoms with Gasteiger partial charge in [0.2, 0.25) is 5.91 Å². The second kappa shape index (κ2) is 5.60. The molecule has 0 saturated carbocycles. The van der Waals surface area contributed by atoms with Gasteiger partial charge in [0.25, 0.3) is 0 Å². The molecule has 112 valence electrons. The fourth-order valence-electron chi connectivity index (χ4n) is 2.97. The van der Waals surface area contributed by atoms with Crippen LogP contribution in [0.3, 0.4) is 0 Å². The van der Waals surface area contributed by atoms with Crippen LogP contribution in [0.25, 0.3) is 0 Å². The topological polar surface area (TPSA) is 75.6 Å². The lowest BCUT2D eigenvalue weighted by atomic mass is 10.1. The van der Waals surface area contributed by atoms with Crippen molar-refractivity contribution in [3.8, 4) is 0 Å². The molecule has 0 unspecified atom stereocenters. The molecule has 0 spiro atoms. The SMILES string of the molecule is O=C(C[C@H]1CCS(=O)(=O)C1)NN=C1Cc2ccccc2C1. The predicted molar refractivity (Wildman–Crippen MR) is 80.8 cm³/mol. The Hall–Kier alpha value is -1.69. The van der Waals surface area contributed by atoms with E-state index in [1.165, 1.54) is 11.1 Å². The van der Waals surface area contributed by atoms with E-state index in [1.807, 2.05) is 12.1 Å². The summed E-state index contributed by atoms with van der Waals surface area (Å²) in [6.45, 7) is 0. The summed E-state index contributed by atoms with van der Waals surface area (Å²) in [5.41, 5.74) is 6.03. The van der Waals surface area contributed by atoms with Crippen molar-refractivity contribution >= 4 is 21.5 Å². The molecule has 21 heavy (non-hydrogen) atoms. The lowest BCUT2D eigenvalue weighted by molar-refractivity contribution is -0.121. The Kier molecular flexibility index (Phi) is 3.80. The van der Waals surface area contributed by atoms with E-state index >= 15 is 0 Å². The zero-order chi connectivity index (χ0) is 14.9.